The summed E-state index contributed by atoms with van der Waals surface area (Å²) in [6.45, 7) is 3.66. The van der Waals surface area contributed by atoms with Crippen molar-refractivity contribution in [2.45, 2.75) is 6.92 Å². The molecule has 2 heterocycles. The average Bonchev–Trinajstić information content (AvgIpc) is 2.89. The number of amides is 2. The molecule has 0 bridgehead atoms. The lowest BCUT2D eigenvalue weighted by Gasteiger charge is -2.34. The number of anilines is 3. The van der Waals surface area contributed by atoms with Crippen molar-refractivity contribution in [3.63, 3.8) is 0 Å². The number of aromatic nitrogens is 2. The van der Waals surface area contributed by atoms with Crippen LogP contribution in [-0.2, 0) is 15.0 Å². The Morgan fingerprint density at radius 3 is 2.05 bits per heavy atom. The van der Waals surface area contributed by atoms with Gasteiger partial charge in [-0.15, -0.1) is 0 Å². The number of nitrogens with zero attached hydrogens (tertiary/aromatic N) is 5. The Labute approximate surface area is 216 Å². The number of piperazine rings is 1. The number of nitrogens with one attached hydrogen (secondary N) is 2. The standard InChI is InChI=1S/C25H29N7O4S/c1-18(33)31-14-16-32(17-15-31)24(34)20-6-8-21(9-7-20)27-25-26-13-12-23(28-25)19-4-10-22(11-5-19)29-37(35,36)30(2)3/h4-13,29H,14-17H2,1-3H3,(H,26,27,28). The third kappa shape index (κ3) is 6.40. The third-order valence-electron chi connectivity index (χ3n) is 5.96. The number of hydrogen-bond donors (Lipinski definition) is 2. The van der Waals surface area contributed by atoms with E-state index in [-0.39, 0.29) is 11.8 Å². The monoisotopic (exact) mass is 523 g/mol. The Morgan fingerprint density at radius 1 is 0.865 bits per heavy atom. The number of hydrogen-bond acceptors (Lipinski definition) is 7. The summed E-state index contributed by atoms with van der Waals surface area (Å²) in [5.74, 6) is 0.344. The fourth-order valence-electron chi connectivity index (χ4n) is 3.76. The maximum Gasteiger partial charge on any atom is 0.301 e. The van der Waals surface area contributed by atoms with Gasteiger partial charge in [0.2, 0.25) is 11.9 Å². The summed E-state index contributed by atoms with van der Waals surface area (Å²) < 4.78 is 27.6. The van der Waals surface area contributed by atoms with Gasteiger partial charge in [0.1, 0.15) is 0 Å². The van der Waals surface area contributed by atoms with Gasteiger partial charge in [0.15, 0.2) is 0 Å². The van der Waals surface area contributed by atoms with Crippen molar-refractivity contribution in [1.29, 1.82) is 0 Å². The molecular weight excluding hydrogens is 494 g/mol. The van der Waals surface area contributed by atoms with Gasteiger partial charge in [-0.05, 0) is 42.5 Å². The van der Waals surface area contributed by atoms with E-state index in [1.165, 1.54) is 21.0 Å². The second kappa shape index (κ2) is 10.9. The van der Waals surface area contributed by atoms with E-state index in [0.717, 1.165) is 15.6 Å². The van der Waals surface area contributed by atoms with Crippen molar-refractivity contribution >= 4 is 39.3 Å². The lowest BCUT2D eigenvalue weighted by molar-refractivity contribution is -0.130. The Morgan fingerprint density at radius 2 is 1.46 bits per heavy atom. The molecule has 1 aromatic heterocycles. The smallest absolute Gasteiger partial charge is 0.301 e. The van der Waals surface area contributed by atoms with E-state index in [9.17, 15) is 18.0 Å². The summed E-state index contributed by atoms with van der Waals surface area (Å²) in [6, 6.07) is 15.7. The minimum absolute atomic E-state index is 0.0262. The van der Waals surface area contributed by atoms with Gasteiger partial charge in [-0.25, -0.2) is 9.97 Å². The van der Waals surface area contributed by atoms with Crippen LogP contribution in [-0.4, -0.2) is 84.6 Å². The van der Waals surface area contributed by atoms with Crippen LogP contribution in [0.4, 0.5) is 17.3 Å². The first-order valence-corrected chi connectivity index (χ1v) is 13.1. The highest BCUT2D eigenvalue weighted by Gasteiger charge is 2.23. The molecule has 0 aliphatic carbocycles. The van der Waals surface area contributed by atoms with Crippen molar-refractivity contribution in [3.8, 4) is 11.3 Å². The second-order valence-electron chi connectivity index (χ2n) is 8.73. The predicted octanol–water partition coefficient (Wildman–Crippen LogP) is 2.41. The number of carbonyl (C=O) groups is 2. The van der Waals surface area contributed by atoms with Crippen LogP contribution in [0.3, 0.4) is 0 Å². The first kappa shape index (κ1) is 26.0. The Kier molecular flexibility index (Phi) is 7.69. The zero-order valence-electron chi connectivity index (χ0n) is 20.9. The molecule has 3 aromatic rings. The Hall–Kier alpha value is -4.03. The van der Waals surface area contributed by atoms with Gasteiger partial charge in [-0.1, -0.05) is 12.1 Å². The van der Waals surface area contributed by atoms with Crippen LogP contribution in [0.1, 0.15) is 17.3 Å². The van der Waals surface area contributed by atoms with Crippen LogP contribution in [0.15, 0.2) is 60.8 Å². The lowest BCUT2D eigenvalue weighted by atomic mass is 10.1. The number of rotatable bonds is 7. The SMILES string of the molecule is CC(=O)N1CCN(C(=O)c2ccc(Nc3nccc(-c4ccc(NS(=O)(=O)N(C)C)cc4)n3)cc2)CC1. The normalized spacial score (nSPS) is 13.9. The molecule has 37 heavy (non-hydrogen) atoms. The van der Waals surface area contributed by atoms with Gasteiger partial charge >= 0.3 is 10.2 Å². The van der Waals surface area contributed by atoms with E-state index in [4.69, 9.17) is 0 Å². The summed E-state index contributed by atoms with van der Waals surface area (Å²) in [5.41, 5.74) is 3.20. The zero-order chi connectivity index (χ0) is 26.6. The van der Waals surface area contributed by atoms with Crippen molar-refractivity contribution in [2.75, 3.05) is 50.3 Å². The van der Waals surface area contributed by atoms with Crippen molar-refractivity contribution in [1.82, 2.24) is 24.1 Å². The summed E-state index contributed by atoms with van der Waals surface area (Å²) in [5, 5.41) is 3.14. The summed E-state index contributed by atoms with van der Waals surface area (Å²) in [7, 11) is -0.671. The fourth-order valence-corrected chi connectivity index (χ4v) is 4.38. The molecule has 0 atom stereocenters. The van der Waals surface area contributed by atoms with Gasteiger partial charge in [-0.2, -0.15) is 12.7 Å². The highest BCUT2D eigenvalue weighted by molar-refractivity contribution is 7.90. The van der Waals surface area contributed by atoms with Crippen LogP contribution in [0.25, 0.3) is 11.3 Å². The molecule has 2 N–H and O–H groups in total. The highest BCUT2D eigenvalue weighted by atomic mass is 32.2. The maximum absolute atomic E-state index is 12.8. The molecule has 194 valence electrons. The average molecular weight is 524 g/mol. The minimum Gasteiger partial charge on any atom is -0.339 e. The molecule has 0 radical (unpaired) electrons. The van der Waals surface area contributed by atoms with Crippen molar-refractivity contribution in [3.05, 3.63) is 66.4 Å². The quantitative estimate of drug-likeness (QED) is 0.487. The maximum atomic E-state index is 12.8. The largest absolute Gasteiger partial charge is 0.339 e. The minimum atomic E-state index is -3.58. The molecule has 12 heteroatoms. The molecule has 2 amide bonds. The summed E-state index contributed by atoms with van der Waals surface area (Å²) >= 11 is 0. The molecule has 2 aromatic carbocycles. The van der Waals surface area contributed by atoms with Gasteiger partial charge < -0.3 is 15.1 Å². The zero-order valence-corrected chi connectivity index (χ0v) is 21.7. The highest BCUT2D eigenvalue weighted by Crippen LogP contribution is 2.22. The third-order valence-corrected chi connectivity index (χ3v) is 7.42. The van der Waals surface area contributed by atoms with Crippen LogP contribution < -0.4 is 10.0 Å². The summed E-state index contributed by atoms with van der Waals surface area (Å²) in [4.78, 5) is 36.6. The topological polar surface area (TPSA) is 128 Å². The molecule has 0 saturated carbocycles. The first-order chi connectivity index (χ1) is 17.6. The van der Waals surface area contributed by atoms with Crippen molar-refractivity contribution < 1.29 is 18.0 Å². The number of carbonyl (C=O) groups excluding carboxylic acids is 2. The first-order valence-electron chi connectivity index (χ1n) is 11.7. The molecule has 0 unspecified atom stereocenters. The molecule has 1 aliphatic rings. The van der Waals surface area contributed by atoms with E-state index in [1.807, 2.05) is 0 Å². The van der Waals surface area contributed by atoms with E-state index < -0.39 is 10.2 Å². The van der Waals surface area contributed by atoms with Crippen LogP contribution in [0.5, 0.6) is 0 Å². The van der Waals surface area contributed by atoms with E-state index in [1.54, 1.807) is 70.6 Å². The molecule has 1 fully saturated rings. The van der Waals surface area contributed by atoms with E-state index >= 15 is 0 Å². The van der Waals surface area contributed by atoms with E-state index in [2.05, 4.69) is 20.0 Å². The van der Waals surface area contributed by atoms with Crippen LogP contribution >= 0.6 is 0 Å². The molecular formula is C25H29N7O4S. The van der Waals surface area contributed by atoms with Gasteiger partial charge in [0.05, 0.1) is 5.69 Å². The molecule has 0 spiro atoms. The van der Waals surface area contributed by atoms with Crippen molar-refractivity contribution in [2.24, 2.45) is 0 Å². The fraction of sp³-hybridized carbons (Fsp3) is 0.280. The van der Waals surface area contributed by atoms with Crippen LogP contribution in [0.2, 0.25) is 0 Å². The predicted molar refractivity (Wildman–Crippen MR) is 142 cm³/mol. The Bertz CT molecular complexity index is 1370. The van der Waals surface area contributed by atoms with Gasteiger partial charge in [0.25, 0.3) is 5.91 Å². The summed E-state index contributed by atoms with van der Waals surface area (Å²) in [6.07, 6.45) is 1.63. The lowest BCUT2D eigenvalue weighted by Crippen LogP contribution is -2.50. The second-order valence-corrected chi connectivity index (χ2v) is 10.6. The Balaban J connectivity index is 1.39. The van der Waals surface area contributed by atoms with Gasteiger partial charge in [0, 0.05) is 75.9 Å². The molecule has 1 saturated heterocycles. The van der Waals surface area contributed by atoms with Crippen LogP contribution in [0, 0.1) is 0 Å². The van der Waals surface area contributed by atoms with Gasteiger partial charge in [-0.3, -0.25) is 14.3 Å². The molecule has 11 nitrogen and oxygen atoms in total. The molecule has 4 rings (SSSR count). The number of benzene rings is 2. The van der Waals surface area contributed by atoms with E-state index in [0.29, 0.717) is 49.1 Å². The molecule has 1 aliphatic heterocycles.